The summed E-state index contributed by atoms with van der Waals surface area (Å²) in [5.41, 5.74) is 0.929. The number of hydrogen-bond donors (Lipinski definition) is 2. The summed E-state index contributed by atoms with van der Waals surface area (Å²) in [5, 5.41) is 7.28. The minimum atomic E-state index is -0.309. The Morgan fingerprint density at radius 2 is 2.11 bits per heavy atom. The van der Waals surface area contributed by atoms with Crippen molar-refractivity contribution in [3.8, 4) is 0 Å². The van der Waals surface area contributed by atoms with E-state index >= 15 is 0 Å². The van der Waals surface area contributed by atoms with Crippen molar-refractivity contribution in [2.75, 3.05) is 39.8 Å². The highest BCUT2D eigenvalue weighted by Crippen LogP contribution is 2.17. The summed E-state index contributed by atoms with van der Waals surface area (Å²) in [6.07, 6.45) is 3.19. The van der Waals surface area contributed by atoms with E-state index in [0.29, 0.717) is 30.1 Å². The number of piperidine rings is 1. The Bertz CT molecular complexity index is 604. The number of benzene rings is 1. The Kier molecular flexibility index (Phi) is 9.31. The fourth-order valence-corrected chi connectivity index (χ4v) is 3.41. The molecule has 0 spiro atoms. The minimum absolute atomic E-state index is 0.295. The summed E-state index contributed by atoms with van der Waals surface area (Å²) < 4.78 is 18.7. The molecule has 27 heavy (non-hydrogen) atoms. The number of nitrogens with zero attached hydrogens (tertiary/aromatic N) is 2. The van der Waals surface area contributed by atoms with E-state index in [0.717, 1.165) is 50.6 Å². The molecule has 0 bridgehead atoms. The number of nitrogens with one attached hydrogen (secondary N) is 2. The minimum Gasteiger partial charge on any atom is -0.377 e. The third-order valence-corrected chi connectivity index (χ3v) is 5.06. The van der Waals surface area contributed by atoms with Gasteiger partial charge in [-0.05, 0) is 50.8 Å². The summed E-state index contributed by atoms with van der Waals surface area (Å²) in [6.45, 7) is 8.76. The molecule has 1 aliphatic rings. The van der Waals surface area contributed by atoms with Crippen LogP contribution in [0.3, 0.4) is 0 Å². The zero-order valence-corrected chi connectivity index (χ0v) is 17.4. The Labute approximate surface area is 167 Å². The van der Waals surface area contributed by atoms with Crippen LogP contribution in [0.1, 0.15) is 32.3 Å². The molecule has 1 fully saturated rings. The van der Waals surface area contributed by atoms with E-state index in [-0.39, 0.29) is 5.82 Å². The zero-order chi connectivity index (χ0) is 19.6. The van der Waals surface area contributed by atoms with E-state index in [1.54, 1.807) is 13.1 Å². The van der Waals surface area contributed by atoms with Crippen LogP contribution in [0.5, 0.6) is 0 Å². The van der Waals surface area contributed by atoms with Gasteiger partial charge in [-0.25, -0.2) is 4.39 Å². The van der Waals surface area contributed by atoms with Crippen molar-refractivity contribution in [1.82, 2.24) is 15.5 Å². The van der Waals surface area contributed by atoms with Crippen LogP contribution in [-0.2, 0) is 11.2 Å². The average Bonchev–Trinajstić information content (AvgIpc) is 2.63. The molecule has 0 aromatic heterocycles. The van der Waals surface area contributed by atoms with Gasteiger partial charge in [0.05, 0.1) is 12.7 Å². The first-order valence-corrected chi connectivity index (χ1v) is 10.1. The first kappa shape index (κ1) is 21.9. The van der Waals surface area contributed by atoms with Gasteiger partial charge in [0.2, 0.25) is 0 Å². The maximum atomic E-state index is 13.1. The number of ether oxygens (including phenoxy) is 1. The van der Waals surface area contributed by atoms with Crippen molar-refractivity contribution in [1.29, 1.82) is 0 Å². The van der Waals surface area contributed by atoms with Crippen LogP contribution in [-0.4, -0.2) is 62.8 Å². The molecule has 0 atom stereocenters. The molecule has 0 aliphatic carbocycles. The Morgan fingerprint density at radius 1 is 1.37 bits per heavy atom. The number of aliphatic imine (C=N–C) groups is 1. The quantitative estimate of drug-likeness (QED) is 0.522. The van der Waals surface area contributed by atoms with E-state index in [1.165, 1.54) is 12.1 Å². The molecule has 2 rings (SSSR count). The zero-order valence-electron chi connectivity index (χ0n) is 16.6. The van der Waals surface area contributed by atoms with Gasteiger partial charge in [0.1, 0.15) is 5.82 Å². The van der Waals surface area contributed by atoms with Crippen molar-refractivity contribution in [2.24, 2.45) is 4.99 Å². The van der Waals surface area contributed by atoms with Crippen LogP contribution in [0.25, 0.3) is 0 Å². The lowest BCUT2D eigenvalue weighted by Gasteiger charge is -2.33. The molecule has 1 aromatic carbocycles. The van der Waals surface area contributed by atoms with Gasteiger partial charge in [-0.15, -0.1) is 0 Å². The second kappa shape index (κ2) is 11.5. The predicted molar refractivity (Wildman–Crippen MR) is 110 cm³/mol. The summed E-state index contributed by atoms with van der Waals surface area (Å²) in [4.78, 5) is 6.76. The molecule has 1 aromatic rings. The van der Waals surface area contributed by atoms with E-state index in [9.17, 15) is 4.39 Å². The molecule has 7 heteroatoms. The molecule has 0 amide bonds. The van der Waals surface area contributed by atoms with Crippen LogP contribution in [0.15, 0.2) is 23.2 Å². The normalized spacial score (nSPS) is 16.7. The fraction of sp³-hybridized carbons (Fsp3) is 0.650. The van der Waals surface area contributed by atoms with E-state index < -0.39 is 0 Å². The first-order chi connectivity index (χ1) is 13.0. The van der Waals surface area contributed by atoms with Gasteiger partial charge in [0.15, 0.2) is 5.96 Å². The molecule has 0 saturated carbocycles. The van der Waals surface area contributed by atoms with Gasteiger partial charge < -0.3 is 20.3 Å². The van der Waals surface area contributed by atoms with Crippen molar-refractivity contribution in [3.05, 3.63) is 34.6 Å². The van der Waals surface area contributed by atoms with Gasteiger partial charge in [-0.3, -0.25) is 4.99 Å². The molecule has 1 aliphatic heterocycles. The number of rotatable bonds is 8. The lowest BCUT2D eigenvalue weighted by atomic mass is 10.1. The van der Waals surface area contributed by atoms with Crippen LogP contribution in [0.4, 0.5) is 4.39 Å². The maximum absolute atomic E-state index is 13.1. The molecule has 0 unspecified atom stereocenters. The van der Waals surface area contributed by atoms with Crippen LogP contribution >= 0.6 is 11.6 Å². The third-order valence-electron chi connectivity index (χ3n) is 4.71. The largest absolute Gasteiger partial charge is 0.377 e. The number of likely N-dealkylation sites (tertiary alicyclic amines) is 1. The molecule has 0 radical (unpaired) electrons. The molecule has 1 saturated heterocycles. The van der Waals surface area contributed by atoms with Crippen LogP contribution in [0, 0.1) is 5.82 Å². The summed E-state index contributed by atoms with van der Waals surface area (Å²) >= 11 is 6.07. The van der Waals surface area contributed by atoms with E-state index in [1.807, 2.05) is 0 Å². The van der Waals surface area contributed by atoms with E-state index in [2.05, 4.69) is 34.4 Å². The van der Waals surface area contributed by atoms with Gasteiger partial charge in [-0.1, -0.05) is 17.7 Å². The molecule has 1 heterocycles. The standard InChI is InChI=1S/C20H32ClFN4O/c1-15(2)27-13-12-26-10-7-18(8-11-26)25-20(23-3)24-9-6-16-4-5-17(22)14-19(16)21/h4-5,14-15,18H,6-13H2,1-3H3,(H2,23,24,25). The SMILES string of the molecule is CN=C(NCCc1ccc(F)cc1Cl)NC1CCN(CCOC(C)C)CC1. The number of hydrogen-bond acceptors (Lipinski definition) is 3. The predicted octanol–water partition coefficient (Wildman–Crippen LogP) is 3.08. The highest BCUT2D eigenvalue weighted by atomic mass is 35.5. The topological polar surface area (TPSA) is 48.9 Å². The Balaban J connectivity index is 1.67. The Morgan fingerprint density at radius 3 is 2.74 bits per heavy atom. The highest BCUT2D eigenvalue weighted by molar-refractivity contribution is 6.31. The molecule has 5 nitrogen and oxygen atoms in total. The van der Waals surface area contributed by atoms with Crippen molar-refractivity contribution in [2.45, 2.75) is 45.3 Å². The highest BCUT2D eigenvalue weighted by Gasteiger charge is 2.19. The maximum Gasteiger partial charge on any atom is 0.191 e. The smallest absolute Gasteiger partial charge is 0.191 e. The summed E-state index contributed by atoms with van der Waals surface area (Å²) in [7, 11) is 1.78. The van der Waals surface area contributed by atoms with Gasteiger partial charge in [0, 0.05) is 44.3 Å². The van der Waals surface area contributed by atoms with E-state index in [4.69, 9.17) is 16.3 Å². The molecule has 152 valence electrons. The number of halogens is 2. The fourth-order valence-electron chi connectivity index (χ4n) is 3.15. The number of guanidine groups is 1. The van der Waals surface area contributed by atoms with Crippen molar-refractivity contribution >= 4 is 17.6 Å². The van der Waals surface area contributed by atoms with Crippen LogP contribution in [0.2, 0.25) is 5.02 Å². The second-order valence-electron chi connectivity index (χ2n) is 7.16. The van der Waals surface area contributed by atoms with Gasteiger partial charge in [0.25, 0.3) is 0 Å². The summed E-state index contributed by atoms with van der Waals surface area (Å²) in [6, 6.07) is 4.94. The summed E-state index contributed by atoms with van der Waals surface area (Å²) in [5.74, 6) is 0.492. The average molecular weight is 399 g/mol. The van der Waals surface area contributed by atoms with Crippen LogP contribution < -0.4 is 10.6 Å². The first-order valence-electron chi connectivity index (χ1n) is 9.73. The molecule has 2 N–H and O–H groups in total. The lowest BCUT2D eigenvalue weighted by Crippen LogP contribution is -2.49. The van der Waals surface area contributed by atoms with Gasteiger partial charge in [-0.2, -0.15) is 0 Å². The molecular weight excluding hydrogens is 367 g/mol. The van der Waals surface area contributed by atoms with Crippen molar-refractivity contribution in [3.63, 3.8) is 0 Å². The monoisotopic (exact) mass is 398 g/mol. The van der Waals surface area contributed by atoms with Gasteiger partial charge >= 0.3 is 0 Å². The lowest BCUT2D eigenvalue weighted by molar-refractivity contribution is 0.0532. The Hall–Kier alpha value is -1.37. The molecular formula is C20H32ClFN4O. The third kappa shape index (κ3) is 8.03. The van der Waals surface area contributed by atoms with Crippen molar-refractivity contribution < 1.29 is 9.13 Å². The second-order valence-corrected chi connectivity index (χ2v) is 7.57.